The van der Waals surface area contributed by atoms with E-state index in [1.54, 1.807) is 0 Å². The normalized spacial score (nSPS) is 19.4. The Morgan fingerprint density at radius 1 is 1.28 bits per heavy atom. The number of nitrogens with zero attached hydrogens (tertiary/aromatic N) is 1. The van der Waals surface area contributed by atoms with Crippen LogP contribution in [-0.4, -0.2) is 40.3 Å². The van der Waals surface area contributed by atoms with Gasteiger partial charge in [0.05, 0.1) is 6.04 Å². The van der Waals surface area contributed by atoms with E-state index in [4.69, 9.17) is 11.6 Å². The lowest BCUT2D eigenvalue weighted by Crippen LogP contribution is -2.50. The second-order valence-corrected chi connectivity index (χ2v) is 10.0. The number of aromatic nitrogens is 1. The standard InChI is InChI=1S/C23H32ClN3O2/c1-14(13-23(3,4)5)22(29)27-10-6-7-20(27)15(2)25-21(28)19-11-16-8-9-17(24)12-18(16)26-19/h8-9,11-12,14-15,20,26H,6-7,10,13H2,1-5H3,(H,25,28)/t14?,15?,20-/m0/s1. The minimum Gasteiger partial charge on any atom is -0.350 e. The molecule has 0 spiro atoms. The number of likely N-dealkylation sites (tertiary alicyclic amines) is 1. The molecular formula is C23H32ClN3O2. The van der Waals surface area contributed by atoms with E-state index in [1.165, 1.54) is 0 Å². The number of benzene rings is 1. The summed E-state index contributed by atoms with van der Waals surface area (Å²) in [6.07, 6.45) is 2.74. The van der Waals surface area contributed by atoms with Crippen LogP contribution in [0.4, 0.5) is 0 Å². The summed E-state index contributed by atoms with van der Waals surface area (Å²) >= 11 is 6.03. The van der Waals surface area contributed by atoms with Crippen molar-refractivity contribution in [2.24, 2.45) is 11.3 Å². The van der Waals surface area contributed by atoms with E-state index >= 15 is 0 Å². The zero-order valence-electron chi connectivity index (χ0n) is 18.0. The van der Waals surface area contributed by atoms with Gasteiger partial charge in [0.2, 0.25) is 5.91 Å². The highest BCUT2D eigenvalue weighted by Gasteiger charge is 2.36. The molecule has 0 saturated carbocycles. The molecule has 29 heavy (non-hydrogen) atoms. The van der Waals surface area contributed by atoms with Gasteiger partial charge in [-0.1, -0.05) is 45.4 Å². The van der Waals surface area contributed by atoms with Gasteiger partial charge in [-0.25, -0.2) is 0 Å². The third-order valence-electron chi connectivity index (χ3n) is 5.69. The van der Waals surface area contributed by atoms with Gasteiger partial charge in [0.15, 0.2) is 0 Å². The topological polar surface area (TPSA) is 65.2 Å². The van der Waals surface area contributed by atoms with Gasteiger partial charge >= 0.3 is 0 Å². The van der Waals surface area contributed by atoms with Crippen LogP contribution in [0.15, 0.2) is 24.3 Å². The lowest BCUT2D eigenvalue weighted by Gasteiger charge is -2.33. The molecule has 2 aromatic rings. The Kier molecular flexibility index (Phi) is 6.27. The highest BCUT2D eigenvalue weighted by atomic mass is 35.5. The number of nitrogens with one attached hydrogen (secondary N) is 2. The largest absolute Gasteiger partial charge is 0.350 e. The maximum absolute atomic E-state index is 13.0. The molecule has 1 aromatic heterocycles. The summed E-state index contributed by atoms with van der Waals surface area (Å²) in [7, 11) is 0. The van der Waals surface area contributed by atoms with Crippen LogP contribution < -0.4 is 5.32 Å². The molecule has 0 radical (unpaired) electrons. The second-order valence-electron chi connectivity index (χ2n) is 9.58. The minimum absolute atomic E-state index is 0.0167. The fourth-order valence-corrected chi connectivity index (χ4v) is 4.65. The average Bonchev–Trinajstić information content (AvgIpc) is 3.25. The predicted molar refractivity (Wildman–Crippen MR) is 118 cm³/mol. The Morgan fingerprint density at radius 2 is 2.00 bits per heavy atom. The Labute approximate surface area is 178 Å². The fourth-order valence-electron chi connectivity index (χ4n) is 4.48. The number of amides is 2. The highest BCUT2D eigenvalue weighted by Crippen LogP contribution is 2.29. The van der Waals surface area contributed by atoms with Crippen LogP contribution in [0.5, 0.6) is 0 Å². The third kappa shape index (κ3) is 5.13. The number of halogens is 1. The number of H-pyrrole nitrogens is 1. The highest BCUT2D eigenvalue weighted by molar-refractivity contribution is 6.31. The van der Waals surface area contributed by atoms with Crippen molar-refractivity contribution in [3.8, 4) is 0 Å². The monoisotopic (exact) mass is 417 g/mol. The van der Waals surface area contributed by atoms with Crippen molar-refractivity contribution in [3.05, 3.63) is 35.0 Å². The van der Waals surface area contributed by atoms with Crippen LogP contribution in [-0.2, 0) is 4.79 Å². The molecule has 2 unspecified atom stereocenters. The van der Waals surface area contributed by atoms with Crippen LogP contribution in [0, 0.1) is 11.3 Å². The lowest BCUT2D eigenvalue weighted by atomic mass is 9.85. The number of aromatic amines is 1. The van der Waals surface area contributed by atoms with Crippen LogP contribution in [0.2, 0.25) is 5.02 Å². The summed E-state index contributed by atoms with van der Waals surface area (Å²) in [6.45, 7) is 11.3. The van der Waals surface area contributed by atoms with Crippen LogP contribution in [0.25, 0.3) is 10.9 Å². The van der Waals surface area contributed by atoms with E-state index in [1.807, 2.05) is 43.0 Å². The Hall–Kier alpha value is -2.01. The van der Waals surface area contributed by atoms with Gasteiger partial charge in [-0.2, -0.15) is 0 Å². The molecule has 3 rings (SSSR count). The van der Waals surface area contributed by atoms with Crippen molar-refractivity contribution in [1.29, 1.82) is 0 Å². The molecule has 1 aliphatic heterocycles. The molecule has 3 atom stereocenters. The molecule has 1 aliphatic rings. The first-order chi connectivity index (χ1) is 13.5. The van der Waals surface area contributed by atoms with Gasteiger partial charge in [0, 0.05) is 34.4 Å². The van der Waals surface area contributed by atoms with Crippen molar-refractivity contribution in [2.45, 2.75) is 66.0 Å². The zero-order valence-corrected chi connectivity index (χ0v) is 18.8. The second kappa shape index (κ2) is 8.39. The van der Waals surface area contributed by atoms with E-state index in [9.17, 15) is 9.59 Å². The van der Waals surface area contributed by atoms with Crippen molar-refractivity contribution in [3.63, 3.8) is 0 Å². The van der Waals surface area contributed by atoms with Crippen LogP contribution >= 0.6 is 11.6 Å². The molecule has 2 amide bonds. The quantitative estimate of drug-likeness (QED) is 0.718. The number of rotatable bonds is 5. The van der Waals surface area contributed by atoms with Gasteiger partial charge in [-0.3, -0.25) is 9.59 Å². The molecule has 0 bridgehead atoms. The van der Waals surface area contributed by atoms with Gasteiger partial charge in [0.25, 0.3) is 5.91 Å². The maximum Gasteiger partial charge on any atom is 0.268 e. The van der Waals surface area contributed by atoms with Crippen molar-refractivity contribution >= 4 is 34.3 Å². The summed E-state index contributed by atoms with van der Waals surface area (Å²) in [6, 6.07) is 7.26. The summed E-state index contributed by atoms with van der Waals surface area (Å²) in [5.41, 5.74) is 1.46. The Morgan fingerprint density at radius 3 is 2.69 bits per heavy atom. The number of fused-ring (bicyclic) bond motifs is 1. The molecular weight excluding hydrogens is 386 g/mol. The summed E-state index contributed by atoms with van der Waals surface area (Å²) in [5, 5.41) is 4.66. The van der Waals surface area contributed by atoms with E-state index in [0.29, 0.717) is 10.7 Å². The SMILES string of the molecule is CC(CC(C)(C)C)C(=O)N1CCC[C@H]1C(C)NC(=O)c1cc2ccc(Cl)cc2[nH]1. The van der Waals surface area contributed by atoms with Crippen molar-refractivity contribution in [2.75, 3.05) is 6.54 Å². The first kappa shape index (κ1) is 21.7. The predicted octanol–water partition coefficient (Wildman–Crippen LogP) is 5.00. The Bertz CT molecular complexity index is 899. The Balaban J connectivity index is 1.67. The van der Waals surface area contributed by atoms with E-state index < -0.39 is 0 Å². The van der Waals surface area contributed by atoms with Crippen LogP contribution in [0.1, 0.15) is 64.4 Å². The smallest absolute Gasteiger partial charge is 0.268 e. The molecule has 6 heteroatoms. The summed E-state index contributed by atoms with van der Waals surface area (Å²) in [5.74, 6) is 0.0209. The summed E-state index contributed by atoms with van der Waals surface area (Å²) < 4.78 is 0. The molecule has 1 fully saturated rings. The van der Waals surface area contributed by atoms with Gasteiger partial charge in [-0.15, -0.1) is 0 Å². The fraction of sp³-hybridized carbons (Fsp3) is 0.565. The molecule has 5 nitrogen and oxygen atoms in total. The van der Waals surface area contributed by atoms with Gasteiger partial charge in [-0.05, 0) is 49.8 Å². The van der Waals surface area contributed by atoms with Crippen LogP contribution in [0.3, 0.4) is 0 Å². The lowest BCUT2D eigenvalue weighted by molar-refractivity contribution is -0.137. The number of hydrogen-bond acceptors (Lipinski definition) is 2. The number of hydrogen-bond donors (Lipinski definition) is 2. The molecule has 2 heterocycles. The molecule has 2 N–H and O–H groups in total. The molecule has 1 aromatic carbocycles. The van der Waals surface area contributed by atoms with E-state index in [0.717, 1.165) is 36.7 Å². The summed E-state index contributed by atoms with van der Waals surface area (Å²) in [4.78, 5) is 30.9. The maximum atomic E-state index is 13.0. The number of carbonyl (C=O) groups is 2. The van der Waals surface area contributed by atoms with Crippen molar-refractivity contribution in [1.82, 2.24) is 15.2 Å². The van der Waals surface area contributed by atoms with Gasteiger partial charge < -0.3 is 15.2 Å². The van der Waals surface area contributed by atoms with E-state index in [-0.39, 0.29) is 35.2 Å². The molecule has 0 aliphatic carbocycles. The molecule has 158 valence electrons. The first-order valence-corrected chi connectivity index (χ1v) is 10.8. The average molecular weight is 418 g/mol. The first-order valence-electron chi connectivity index (χ1n) is 10.4. The third-order valence-corrected chi connectivity index (χ3v) is 5.92. The van der Waals surface area contributed by atoms with Crippen molar-refractivity contribution < 1.29 is 9.59 Å². The van der Waals surface area contributed by atoms with E-state index in [2.05, 4.69) is 31.1 Å². The van der Waals surface area contributed by atoms with Gasteiger partial charge in [0.1, 0.15) is 5.69 Å². The molecule has 1 saturated heterocycles. The minimum atomic E-state index is -0.160. The number of carbonyl (C=O) groups excluding carboxylic acids is 2. The zero-order chi connectivity index (χ0) is 21.3.